The van der Waals surface area contributed by atoms with Gasteiger partial charge in [0.15, 0.2) is 0 Å². The molecule has 3 N–H and O–H groups in total. The third-order valence-corrected chi connectivity index (χ3v) is 1.17. The molecule has 1 aromatic carbocycles. The predicted molar refractivity (Wildman–Crippen MR) is 58.9 cm³/mol. The summed E-state index contributed by atoms with van der Waals surface area (Å²) in [5.74, 6) is 0. The highest BCUT2D eigenvalue weighted by Gasteiger charge is 1.84. The second-order valence-electron chi connectivity index (χ2n) is 2.84. The van der Waals surface area contributed by atoms with Gasteiger partial charge in [0.2, 0.25) is 0 Å². The lowest BCUT2D eigenvalue weighted by Crippen LogP contribution is -1.89. The van der Waals surface area contributed by atoms with E-state index in [1.54, 1.807) is 0 Å². The highest BCUT2D eigenvalue weighted by Crippen LogP contribution is 2.00. The Morgan fingerprint density at radius 2 is 1.41 bits per heavy atom. The molecular formula is C8H13NO7S. The number of rotatable bonds is 0. The molecule has 0 aliphatic heterocycles. The zero-order valence-electron chi connectivity index (χ0n) is 9.14. The minimum atomic E-state index is -4.67. The summed E-state index contributed by atoms with van der Waals surface area (Å²) in [5.41, 5.74) is 2.68. The van der Waals surface area contributed by atoms with Crippen LogP contribution in [0.4, 0.5) is 0 Å². The van der Waals surface area contributed by atoms with Gasteiger partial charge in [-0.3, -0.25) is 9.11 Å². The summed E-state index contributed by atoms with van der Waals surface area (Å²) in [7, 11) is -4.67. The van der Waals surface area contributed by atoms with Crippen LogP contribution in [0.1, 0.15) is 11.1 Å². The maximum Gasteiger partial charge on any atom is 0.394 e. The molecule has 0 spiro atoms. The molecule has 0 atom stereocenters. The summed E-state index contributed by atoms with van der Waals surface area (Å²) in [6.45, 7) is 4.21. The number of benzene rings is 1. The molecule has 0 fully saturated rings. The van der Waals surface area contributed by atoms with Crippen LogP contribution in [0.5, 0.6) is 0 Å². The van der Waals surface area contributed by atoms with Crippen LogP contribution in [0.3, 0.4) is 0 Å². The van der Waals surface area contributed by atoms with Crippen LogP contribution >= 0.6 is 0 Å². The first-order valence-corrected chi connectivity index (χ1v) is 5.48. The molecule has 9 heteroatoms. The average molecular weight is 267 g/mol. The monoisotopic (exact) mass is 267 g/mol. The van der Waals surface area contributed by atoms with Gasteiger partial charge >= 0.3 is 10.4 Å². The van der Waals surface area contributed by atoms with E-state index in [0.717, 1.165) is 0 Å². The van der Waals surface area contributed by atoms with E-state index in [-0.39, 0.29) is 0 Å². The first-order chi connectivity index (χ1) is 7.52. The Hall–Kier alpha value is -1.71. The van der Waals surface area contributed by atoms with Crippen molar-refractivity contribution in [3.63, 3.8) is 0 Å². The Balaban J connectivity index is 0. The van der Waals surface area contributed by atoms with Crippen molar-refractivity contribution in [2.75, 3.05) is 0 Å². The molecule has 8 nitrogen and oxygen atoms in total. The maximum atomic E-state index is 8.74. The van der Waals surface area contributed by atoms with E-state index in [9.17, 15) is 0 Å². The molecule has 98 valence electrons. The highest BCUT2D eigenvalue weighted by atomic mass is 32.3. The quantitative estimate of drug-likeness (QED) is 0.366. The van der Waals surface area contributed by atoms with Gasteiger partial charge < -0.3 is 5.21 Å². The van der Waals surface area contributed by atoms with E-state index in [4.69, 9.17) is 32.8 Å². The molecule has 0 amide bonds. The predicted octanol–water partition coefficient (Wildman–Crippen LogP) is 1.30. The summed E-state index contributed by atoms with van der Waals surface area (Å²) < 4.78 is 31.6. The maximum absolute atomic E-state index is 8.74. The van der Waals surface area contributed by atoms with Crippen molar-refractivity contribution in [2.45, 2.75) is 13.8 Å². The van der Waals surface area contributed by atoms with Crippen molar-refractivity contribution in [1.82, 2.24) is 0 Å². The largest absolute Gasteiger partial charge is 0.394 e. The zero-order valence-corrected chi connectivity index (χ0v) is 9.96. The summed E-state index contributed by atoms with van der Waals surface area (Å²) in [6, 6.07) is 8.45. The molecule has 0 saturated carbocycles. The lowest BCUT2D eigenvalue weighted by molar-refractivity contribution is -0.742. The first-order valence-electron chi connectivity index (χ1n) is 4.08. The van der Waals surface area contributed by atoms with Crippen molar-refractivity contribution in [3.8, 4) is 0 Å². The fourth-order valence-corrected chi connectivity index (χ4v) is 0.807. The van der Waals surface area contributed by atoms with Crippen LogP contribution in [-0.4, -0.2) is 27.8 Å². The SMILES string of the molecule is Cc1cccc(C)c1.O=S(=O)(O)O.O=[N+]([O-])O. The second kappa shape index (κ2) is 8.44. The lowest BCUT2D eigenvalue weighted by atomic mass is 10.2. The molecule has 0 aliphatic rings. The molecule has 0 unspecified atom stereocenters. The third kappa shape index (κ3) is 31.4. The normalized spacial score (nSPS) is 9.18. The smallest absolute Gasteiger partial charge is 0.328 e. The van der Waals surface area contributed by atoms with Gasteiger partial charge in [0.25, 0.3) is 5.09 Å². The van der Waals surface area contributed by atoms with E-state index in [1.807, 2.05) is 0 Å². The topological polar surface area (TPSA) is 138 Å². The van der Waals surface area contributed by atoms with Gasteiger partial charge in [-0.2, -0.15) is 8.42 Å². The summed E-state index contributed by atoms with van der Waals surface area (Å²) in [4.78, 5) is 8.36. The minimum Gasteiger partial charge on any atom is -0.328 e. The fraction of sp³-hybridized carbons (Fsp3) is 0.250. The zero-order chi connectivity index (χ0) is 14.1. The molecule has 0 radical (unpaired) electrons. The summed E-state index contributed by atoms with van der Waals surface area (Å²) in [5, 5.41) is 13.6. The molecule has 0 bridgehead atoms. The standard InChI is InChI=1S/C8H10.HNO3.H2O4S/c1-7-4-3-5-8(2)6-7;2-1(3)4;1-5(2,3)4/h3-6H,1-2H3;(H,2,3,4);(H2,1,2,3,4). The average Bonchev–Trinajstić information content (AvgIpc) is 1.97. The van der Waals surface area contributed by atoms with E-state index in [0.29, 0.717) is 0 Å². The molecule has 0 aromatic heterocycles. The number of hydrogen-bond donors (Lipinski definition) is 3. The Labute approximate surface area is 98.2 Å². The van der Waals surface area contributed by atoms with E-state index in [2.05, 4.69) is 38.1 Å². The molecular weight excluding hydrogens is 254 g/mol. The van der Waals surface area contributed by atoms with Crippen molar-refractivity contribution in [1.29, 1.82) is 0 Å². The van der Waals surface area contributed by atoms with E-state index >= 15 is 0 Å². The molecule has 1 aromatic rings. The van der Waals surface area contributed by atoms with Crippen LogP contribution in [0.15, 0.2) is 24.3 Å². The van der Waals surface area contributed by atoms with Crippen molar-refractivity contribution in [2.24, 2.45) is 0 Å². The van der Waals surface area contributed by atoms with Gasteiger partial charge in [0.05, 0.1) is 0 Å². The number of aryl methyl sites for hydroxylation is 2. The van der Waals surface area contributed by atoms with Crippen LogP contribution in [0.25, 0.3) is 0 Å². The van der Waals surface area contributed by atoms with Gasteiger partial charge in [-0.05, 0) is 13.8 Å². The third-order valence-electron chi connectivity index (χ3n) is 1.17. The molecule has 1 rings (SSSR count). The second-order valence-corrected chi connectivity index (χ2v) is 3.74. The van der Waals surface area contributed by atoms with Crippen molar-refractivity contribution < 1.29 is 27.8 Å². The Morgan fingerprint density at radius 3 is 1.53 bits per heavy atom. The van der Waals surface area contributed by atoms with Crippen molar-refractivity contribution in [3.05, 3.63) is 45.5 Å². The first kappa shape index (κ1) is 17.7. The molecule has 17 heavy (non-hydrogen) atoms. The van der Waals surface area contributed by atoms with Gasteiger partial charge in [0, 0.05) is 0 Å². The molecule has 0 aliphatic carbocycles. The lowest BCUT2D eigenvalue weighted by Gasteiger charge is -1.90. The summed E-state index contributed by atoms with van der Waals surface area (Å²) >= 11 is 0. The van der Waals surface area contributed by atoms with Crippen LogP contribution in [-0.2, 0) is 10.4 Å². The van der Waals surface area contributed by atoms with Crippen LogP contribution in [0.2, 0.25) is 0 Å². The Kier molecular flexibility index (Phi) is 8.78. The Morgan fingerprint density at radius 1 is 1.18 bits per heavy atom. The minimum absolute atomic E-state index is 1.34. The van der Waals surface area contributed by atoms with Crippen molar-refractivity contribution >= 4 is 10.4 Å². The summed E-state index contributed by atoms with van der Waals surface area (Å²) in [6.07, 6.45) is 0. The molecule has 0 saturated heterocycles. The van der Waals surface area contributed by atoms with E-state index < -0.39 is 15.5 Å². The number of hydrogen-bond acceptors (Lipinski definition) is 4. The van der Waals surface area contributed by atoms with Crippen LogP contribution in [0, 0.1) is 24.0 Å². The number of nitrogens with zero attached hydrogens (tertiary/aromatic N) is 1. The molecule has 0 heterocycles. The highest BCUT2D eigenvalue weighted by molar-refractivity contribution is 7.79. The van der Waals surface area contributed by atoms with Gasteiger partial charge in [-0.1, -0.05) is 35.4 Å². The Bertz CT molecular complexity index is 414. The van der Waals surface area contributed by atoms with Crippen LogP contribution < -0.4 is 0 Å². The van der Waals surface area contributed by atoms with E-state index in [1.165, 1.54) is 11.1 Å². The van der Waals surface area contributed by atoms with Gasteiger partial charge in [-0.15, -0.1) is 10.1 Å². The van der Waals surface area contributed by atoms with Gasteiger partial charge in [0.1, 0.15) is 0 Å². The fourth-order valence-electron chi connectivity index (χ4n) is 0.807. The van der Waals surface area contributed by atoms with Gasteiger partial charge in [-0.25, -0.2) is 0 Å².